The van der Waals surface area contributed by atoms with Gasteiger partial charge in [-0.05, 0) is 26.2 Å². The van der Waals surface area contributed by atoms with Gasteiger partial charge in [0.15, 0.2) is 0 Å². The molecule has 0 aromatic rings. The van der Waals surface area contributed by atoms with E-state index in [-0.39, 0.29) is 6.04 Å². The summed E-state index contributed by atoms with van der Waals surface area (Å²) in [6.07, 6.45) is 4.81. The number of urea groups is 1. The van der Waals surface area contributed by atoms with Crippen molar-refractivity contribution < 1.29 is 18.9 Å². The van der Waals surface area contributed by atoms with Crippen LogP contribution in [0.5, 0.6) is 0 Å². The van der Waals surface area contributed by atoms with Crippen LogP contribution in [0, 0.1) is 0 Å². The van der Waals surface area contributed by atoms with Crippen LogP contribution in [-0.2, 0) is 15.6 Å². The smallest absolute Gasteiger partial charge is 0.329 e. The molecule has 0 aromatic carbocycles. The van der Waals surface area contributed by atoms with Crippen molar-refractivity contribution in [3.8, 4) is 0 Å². The Balaban J connectivity index is 2.45. The van der Waals surface area contributed by atoms with Crippen LogP contribution in [0.1, 0.15) is 39.0 Å². The predicted molar refractivity (Wildman–Crippen MR) is 73.5 cm³/mol. The number of carbonyl (C=O) groups is 2. The van der Waals surface area contributed by atoms with Gasteiger partial charge in [0.2, 0.25) is 0 Å². The molecule has 110 valence electrons. The summed E-state index contributed by atoms with van der Waals surface area (Å²) in [5, 5.41) is 14.5. The van der Waals surface area contributed by atoms with Gasteiger partial charge in [0.05, 0.1) is 0 Å². The average molecular weight is 290 g/mol. The lowest BCUT2D eigenvalue weighted by atomic mass is 9.98. The Kier molecular flexibility index (Phi) is 5.78. The van der Waals surface area contributed by atoms with Gasteiger partial charge < -0.3 is 15.7 Å². The minimum atomic E-state index is -1.11. The van der Waals surface area contributed by atoms with Gasteiger partial charge in [-0.2, -0.15) is 0 Å². The van der Waals surface area contributed by atoms with E-state index in [1.54, 1.807) is 6.26 Å². The lowest BCUT2D eigenvalue weighted by Crippen LogP contribution is -2.56. The number of carboxylic acid groups (broad SMARTS) is 1. The SMILES string of the molecule is CC(CCS(C)=O)NC(=O)NC1(C(=O)O)CCCC1. The summed E-state index contributed by atoms with van der Waals surface area (Å²) in [5.41, 5.74) is -1.11. The predicted octanol–water partition coefficient (Wildman–Crippen LogP) is 0.840. The highest BCUT2D eigenvalue weighted by atomic mass is 32.2. The number of nitrogens with one attached hydrogen (secondary N) is 2. The largest absolute Gasteiger partial charge is 0.480 e. The van der Waals surface area contributed by atoms with Crippen LogP contribution in [0.2, 0.25) is 0 Å². The Bertz CT molecular complexity index is 367. The molecule has 1 aliphatic carbocycles. The molecule has 0 aliphatic heterocycles. The molecule has 0 aromatic heterocycles. The lowest BCUT2D eigenvalue weighted by molar-refractivity contribution is -0.144. The number of carbonyl (C=O) groups excluding carboxylic acids is 1. The standard InChI is InChI=1S/C12H22N2O4S/c1-9(5-8-19(2)18)13-11(17)14-12(10(15)16)6-3-4-7-12/h9H,3-8H2,1-2H3,(H,15,16)(H2,13,14,17). The van der Waals surface area contributed by atoms with Crippen LogP contribution < -0.4 is 10.6 Å². The number of hydrogen-bond donors (Lipinski definition) is 3. The van der Waals surface area contributed by atoms with E-state index in [0.29, 0.717) is 25.0 Å². The molecule has 1 aliphatic rings. The highest BCUT2D eigenvalue weighted by Crippen LogP contribution is 2.29. The summed E-state index contributed by atoms with van der Waals surface area (Å²) in [6, 6.07) is -0.588. The van der Waals surface area contributed by atoms with Gasteiger partial charge >= 0.3 is 12.0 Å². The molecule has 0 radical (unpaired) electrons. The minimum absolute atomic E-state index is 0.129. The summed E-state index contributed by atoms with van der Waals surface area (Å²) >= 11 is 0. The van der Waals surface area contributed by atoms with Crippen LogP contribution in [0.3, 0.4) is 0 Å². The van der Waals surface area contributed by atoms with Crippen molar-refractivity contribution in [2.75, 3.05) is 12.0 Å². The first kappa shape index (κ1) is 15.9. The Hall–Kier alpha value is -1.11. The molecule has 0 heterocycles. The molecule has 19 heavy (non-hydrogen) atoms. The molecule has 1 fully saturated rings. The first-order valence-electron chi connectivity index (χ1n) is 6.48. The molecule has 2 amide bonds. The summed E-state index contributed by atoms with van der Waals surface area (Å²) in [6.45, 7) is 1.81. The Morgan fingerprint density at radius 2 is 1.95 bits per heavy atom. The van der Waals surface area contributed by atoms with Crippen molar-refractivity contribution in [2.45, 2.75) is 50.6 Å². The van der Waals surface area contributed by atoms with Gasteiger partial charge in [-0.3, -0.25) is 4.21 Å². The van der Waals surface area contributed by atoms with Crippen molar-refractivity contribution in [3.05, 3.63) is 0 Å². The number of carboxylic acids is 1. The van der Waals surface area contributed by atoms with Crippen LogP contribution >= 0.6 is 0 Å². The first-order chi connectivity index (χ1) is 8.85. The second-order valence-electron chi connectivity index (χ2n) is 5.16. The summed E-state index contributed by atoms with van der Waals surface area (Å²) in [7, 11) is -0.886. The summed E-state index contributed by atoms with van der Waals surface area (Å²) < 4.78 is 11.0. The number of hydrogen-bond acceptors (Lipinski definition) is 3. The van der Waals surface area contributed by atoms with E-state index in [2.05, 4.69) is 10.6 Å². The molecule has 1 saturated carbocycles. The zero-order chi connectivity index (χ0) is 14.5. The third-order valence-corrected chi connectivity index (χ3v) is 4.25. The molecule has 3 N–H and O–H groups in total. The van der Waals surface area contributed by atoms with Crippen LogP contribution in [0.15, 0.2) is 0 Å². The van der Waals surface area contributed by atoms with E-state index in [1.165, 1.54) is 0 Å². The summed E-state index contributed by atoms with van der Waals surface area (Å²) in [4.78, 5) is 23.1. The summed E-state index contributed by atoms with van der Waals surface area (Å²) in [5.74, 6) is -0.451. The average Bonchev–Trinajstić information content (AvgIpc) is 2.76. The lowest BCUT2D eigenvalue weighted by Gasteiger charge is -2.26. The van der Waals surface area contributed by atoms with Crippen molar-refractivity contribution >= 4 is 22.8 Å². The maximum Gasteiger partial charge on any atom is 0.329 e. The van der Waals surface area contributed by atoms with E-state index in [4.69, 9.17) is 0 Å². The van der Waals surface area contributed by atoms with Crippen molar-refractivity contribution in [1.82, 2.24) is 10.6 Å². The van der Waals surface area contributed by atoms with Crippen molar-refractivity contribution in [1.29, 1.82) is 0 Å². The molecule has 0 spiro atoms. The van der Waals surface area contributed by atoms with Crippen LogP contribution in [-0.4, -0.2) is 44.9 Å². The van der Waals surface area contributed by atoms with Gasteiger partial charge in [0.25, 0.3) is 0 Å². The maximum atomic E-state index is 11.8. The molecular formula is C12H22N2O4S. The second kappa shape index (κ2) is 6.88. The first-order valence-corrected chi connectivity index (χ1v) is 8.20. The van der Waals surface area contributed by atoms with Gasteiger partial charge in [0.1, 0.15) is 5.54 Å². The Morgan fingerprint density at radius 1 is 1.37 bits per heavy atom. The molecule has 0 bridgehead atoms. The molecule has 2 unspecified atom stereocenters. The van der Waals surface area contributed by atoms with Crippen molar-refractivity contribution in [3.63, 3.8) is 0 Å². The zero-order valence-corrected chi connectivity index (χ0v) is 12.2. The molecular weight excluding hydrogens is 268 g/mol. The van der Waals surface area contributed by atoms with E-state index < -0.39 is 28.3 Å². The normalized spacial score (nSPS) is 20.5. The quantitative estimate of drug-likeness (QED) is 0.675. The zero-order valence-electron chi connectivity index (χ0n) is 11.4. The monoisotopic (exact) mass is 290 g/mol. The number of aliphatic carboxylic acids is 1. The minimum Gasteiger partial charge on any atom is -0.480 e. The van der Waals surface area contributed by atoms with Gasteiger partial charge in [-0.25, -0.2) is 9.59 Å². The third kappa shape index (κ3) is 4.81. The van der Waals surface area contributed by atoms with Crippen LogP contribution in [0.25, 0.3) is 0 Å². The van der Waals surface area contributed by atoms with E-state index >= 15 is 0 Å². The van der Waals surface area contributed by atoms with E-state index in [9.17, 15) is 18.9 Å². The van der Waals surface area contributed by atoms with Crippen LogP contribution in [0.4, 0.5) is 4.79 Å². The van der Waals surface area contributed by atoms with Crippen molar-refractivity contribution in [2.24, 2.45) is 0 Å². The Labute approximate surface area is 115 Å². The third-order valence-electron chi connectivity index (χ3n) is 3.44. The van der Waals surface area contributed by atoms with Gasteiger partial charge in [-0.1, -0.05) is 12.8 Å². The molecule has 1 rings (SSSR count). The topological polar surface area (TPSA) is 95.5 Å². The molecule has 7 heteroatoms. The van der Waals surface area contributed by atoms with Gasteiger partial charge in [-0.15, -0.1) is 0 Å². The molecule has 6 nitrogen and oxygen atoms in total. The highest BCUT2D eigenvalue weighted by Gasteiger charge is 2.42. The second-order valence-corrected chi connectivity index (χ2v) is 6.71. The highest BCUT2D eigenvalue weighted by molar-refractivity contribution is 7.84. The number of rotatable bonds is 6. The van der Waals surface area contributed by atoms with Gasteiger partial charge in [0, 0.05) is 28.9 Å². The molecule has 0 saturated heterocycles. The van der Waals surface area contributed by atoms with E-state index in [0.717, 1.165) is 12.8 Å². The van der Waals surface area contributed by atoms with E-state index in [1.807, 2.05) is 6.92 Å². The maximum absolute atomic E-state index is 11.8. The fraction of sp³-hybridized carbons (Fsp3) is 0.833. The Morgan fingerprint density at radius 3 is 2.42 bits per heavy atom. The fourth-order valence-corrected chi connectivity index (χ4v) is 2.95. The number of amides is 2. The molecule has 2 atom stereocenters. The fourth-order valence-electron chi connectivity index (χ4n) is 2.26.